The number of carbonyl (C=O) groups is 2. The maximum Gasteiger partial charge on any atom is 0.264 e. The lowest BCUT2D eigenvalue weighted by molar-refractivity contribution is -0.123. The average molecular weight is 411 g/mol. The van der Waals surface area contributed by atoms with Crippen molar-refractivity contribution in [3.05, 3.63) is 64.6 Å². The Morgan fingerprint density at radius 1 is 1.17 bits per heavy atom. The van der Waals surface area contributed by atoms with Gasteiger partial charge >= 0.3 is 0 Å². The van der Waals surface area contributed by atoms with Gasteiger partial charge < -0.3 is 20.1 Å². The summed E-state index contributed by atoms with van der Waals surface area (Å²) in [5.41, 5.74) is 1.75. The van der Waals surface area contributed by atoms with Crippen LogP contribution >= 0.6 is 11.8 Å². The van der Waals surface area contributed by atoms with E-state index in [1.807, 2.05) is 37.3 Å². The third kappa shape index (κ3) is 5.86. The number of ether oxygens (including phenoxy) is 2. The van der Waals surface area contributed by atoms with Crippen molar-refractivity contribution in [2.24, 2.45) is 0 Å². The van der Waals surface area contributed by atoms with Gasteiger partial charge in [0.2, 0.25) is 0 Å². The molecule has 2 aromatic rings. The zero-order valence-corrected chi connectivity index (χ0v) is 16.7. The molecule has 150 valence electrons. The van der Waals surface area contributed by atoms with E-state index in [0.717, 1.165) is 22.9 Å². The van der Waals surface area contributed by atoms with Crippen LogP contribution < -0.4 is 20.1 Å². The van der Waals surface area contributed by atoms with Crippen LogP contribution in [0.1, 0.15) is 18.1 Å². The van der Waals surface area contributed by atoms with E-state index < -0.39 is 0 Å². The van der Waals surface area contributed by atoms with Crippen LogP contribution in [0, 0.1) is 5.41 Å². The Balaban J connectivity index is 1.62. The van der Waals surface area contributed by atoms with E-state index in [9.17, 15) is 9.59 Å². The molecular weight excluding hydrogens is 390 g/mol. The highest BCUT2D eigenvalue weighted by molar-refractivity contribution is 8.18. The predicted octanol–water partition coefficient (Wildman–Crippen LogP) is 2.92. The minimum Gasteiger partial charge on any atom is -0.490 e. The monoisotopic (exact) mass is 411 g/mol. The standard InChI is InChI=1S/C21H21N3O4S/c1-2-27-17-10-15(11-18-20(26)24-21(22)29-18)8-9-16(17)28-13-19(25)23-12-14-6-4-3-5-7-14/h3-11H,2,12-13H2,1H3,(H,23,25)(H2,22,24,26)/b18-11-. The number of thioether (sulfide) groups is 1. The minimum absolute atomic E-state index is 0.104. The number of nitrogens with one attached hydrogen (secondary N) is 3. The molecule has 1 saturated heterocycles. The molecule has 3 N–H and O–H groups in total. The lowest BCUT2D eigenvalue weighted by Crippen LogP contribution is -2.28. The Bertz CT molecular complexity index is 944. The van der Waals surface area contributed by atoms with Crippen LogP contribution in [-0.2, 0) is 16.1 Å². The molecule has 0 saturated carbocycles. The molecule has 29 heavy (non-hydrogen) atoms. The molecule has 2 aromatic carbocycles. The number of rotatable bonds is 8. The van der Waals surface area contributed by atoms with E-state index in [0.29, 0.717) is 29.6 Å². The van der Waals surface area contributed by atoms with E-state index >= 15 is 0 Å². The van der Waals surface area contributed by atoms with Gasteiger partial charge in [-0.25, -0.2) is 0 Å². The summed E-state index contributed by atoms with van der Waals surface area (Å²) in [5, 5.41) is 12.9. The van der Waals surface area contributed by atoms with E-state index in [2.05, 4.69) is 10.6 Å². The second kappa shape index (κ2) is 9.79. The third-order valence-electron chi connectivity index (χ3n) is 3.92. The van der Waals surface area contributed by atoms with Crippen LogP contribution in [0.5, 0.6) is 11.5 Å². The first kappa shape index (κ1) is 20.5. The Labute approximate surface area is 173 Å². The van der Waals surface area contributed by atoms with Crippen LogP contribution in [0.4, 0.5) is 0 Å². The third-order valence-corrected chi connectivity index (χ3v) is 4.75. The first-order valence-corrected chi connectivity index (χ1v) is 9.86. The first-order valence-electron chi connectivity index (χ1n) is 9.05. The summed E-state index contributed by atoms with van der Waals surface area (Å²) in [7, 11) is 0. The van der Waals surface area contributed by atoms with Gasteiger partial charge in [-0.1, -0.05) is 36.4 Å². The highest BCUT2D eigenvalue weighted by Crippen LogP contribution is 2.31. The van der Waals surface area contributed by atoms with Crippen molar-refractivity contribution in [1.29, 1.82) is 5.41 Å². The number of carbonyl (C=O) groups excluding carboxylic acids is 2. The summed E-state index contributed by atoms with van der Waals surface area (Å²) in [6.07, 6.45) is 1.68. The van der Waals surface area contributed by atoms with Gasteiger partial charge in [-0.2, -0.15) is 0 Å². The number of benzene rings is 2. The molecule has 3 rings (SSSR count). The topological polar surface area (TPSA) is 101 Å². The van der Waals surface area contributed by atoms with Gasteiger partial charge in [0.25, 0.3) is 11.8 Å². The van der Waals surface area contributed by atoms with Gasteiger partial charge in [0.05, 0.1) is 11.5 Å². The summed E-state index contributed by atoms with van der Waals surface area (Å²) in [6.45, 7) is 2.57. The largest absolute Gasteiger partial charge is 0.490 e. The Hall–Kier alpha value is -3.26. The molecule has 0 spiro atoms. The highest BCUT2D eigenvalue weighted by atomic mass is 32.2. The summed E-state index contributed by atoms with van der Waals surface area (Å²) < 4.78 is 11.2. The maximum atomic E-state index is 12.1. The zero-order chi connectivity index (χ0) is 20.6. The fourth-order valence-electron chi connectivity index (χ4n) is 2.59. The fourth-order valence-corrected chi connectivity index (χ4v) is 3.29. The molecule has 1 aliphatic heterocycles. The van der Waals surface area contributed by atoms with Gasteiger partial charge in [0, 0.05) is 6.54 Å². The van der Waals surface area contributed by atoms with Gasteiger partial charge in [-0.3, -0.25) is 15.0 Å². The SMILES string of the molecule is CCOc1cc(/C=C2\SC(=N)NC2=O)ccc1OCC(=O)NCc1ccccc1. The number of hydrogen-bond donors (Lipinski definition) is 3. The molecule has 1 fully saturated rings. The summed E-state index contributed by atoms with van der Waals surface area (Å²) >= 11 is 1.07. The van der Waals surface area contributed by atoms with E-state index in [-0.39, 0.29) is 23.6 Å². The smallest absolute Gasteiger partial charge is 0.264 e. The molecule has 0 bridgehead atoms. The van der Waals surface area contributed by atoms with Gasteiger partial charge in [-0.15, -0.1) is 0 Å². The van der Waals surface area contributed by atoms with Crippen LogP contribution in [0.3, 0.4) is 0 Å². The first-order chi connectivity index (χ1) is 14.0. The quantitative estimate of drug-likeness (QED) is 0.580. The van der Waals surface area contributed by atoms with Crippen molar-refractivity contribution in [2.75, 3.05) is 13.2 Å². The van der Waals surface area contributed by atoms with Gasteiger partial charge in [-0.05, 0) is 48.0 Å². The number of amidine groups is 1. The van der Waals surface area contributed by atoms with E-state index in [1.165, 1.54) is 0 Å². The normalized spacial score (nSPS) is 14.6. The van der Waals surface area contributed by atoms with E-state index in [4.69, 9.17) is 14.9 Å². The Morgan fingerprint density at radius 3 is 2.66 bits per heavy atom. The molecule has 0 aliphatic carbocycles. The van der Waals surface area contributed by atoms with Crippen LogP contribution in [0.25, 0.3) is 6.08 Å². The lowest BCUT2D eigenvalue weighted by atomic mass is 10.2. The van der Waals surface area contributed by atoms with Crippen LogP contribution in [0.15, 0.2) is 53.4 Å². The molecule has 2 amide bonds. The van der Waals surface area contributed by atoms with Gasteiger partial charge in [0.1, 0.15) is 0 Å². The molecule has 1 aliphatic rings. The second-order valence-corrected chi connectivity index (χ2v) is 7.14. The van der Waals surface area contributed by atoms with Crippen molar-refractivity contribution in [3.63, 3.8) is 0 Å². The highest BCUT2D eigenvalue weighted by Gasteiger charge is 2.22. The van der Waals surface area contributed by atoms with Crippen LogP contribution in [0.2, 0.25) is 0 Å². The Morgan fingerprint density at radius 2 is 1.97 bits per heavy atom. The molecule has 8 heteroatoms. The fraction of sp³-hybridized carbons (Fsp3) is 0.190. The second-order valence-electron chi connectivity index (χ2n) is 6.08. The molecule has 0 atom stereocenters. The maximum absolute atomic E-state index is 12.1. The minimum atomic E-state index is -0.298. The number of hydrogen-bond acceptors (Lipinski definition) is 6. The molecule has 1 heterocycles. The molecule has 0 radical (unpaired) electrons. The van der Waals surface area contributed by atoms with Crippen molar-refractivity contribution >= 4 is 34.8 Å². The van der Waals surface area contributed by atoms with Crippen molar-refractivity contribution < 1.29 is 19.1 Å². The predicted molar refractivity (Wildman–Crippen MR) is 113 cm³/mol. The lowest BCUT2D eigenvalue weighted by Gasteiger charge is -2.13. The molecule has 0 unspecified atom stereocenters. The summed E-state index contributed by atoms with van der Waals surface area (Å²) in [4.78, 5) is 24.3. The van der Waals surface area contributed by atoms with Crippen molar-refractivity contribution in [3.8, 4) is 11.5 Å². The molecular formula is C21H21N3O4S. The Kier molecular flexibility index (Phi) is 6.91. The summed E-state index contributed by atoms with van der Waals surface area (Å²) in [5.74, 6) is 0.393. The summed E-state index contributed by atoms with van der Waals surface area (Å²) in [6, 6.07) is 14.8. The number of amides is 2. The average Bonchev–Trinajstić information content (AvgIpc) is 3.03. The molecule has 0 aromatic heterocycles. The van der Waals surface area contributed by atoms with Crippen LogP contribution in [-0.4, -0.2) is 30.2 Å². The van der Waals surface area contributed by atoms with Crippen molar-refractivity contribution in [1.82, 2.24) is 10.6 Å². The van der Waals surface area contributed by atoms with E-state index in [1.54, 1.807) is 24.3 Å². The van der Waals surface area contributed by atoms with Crippen molar-refractivity contribution in [2.45, 2.75) is 13.5 Å². The molecule has 7 nitrogen and oxygen atoms in total. The van der Waals surface area contributed by atoms with Gasteiger partial charge in [0.15, 0.2) is 23.3 Å². The zero-order valence-electron chi connectivity index (χ0n) is 15.9.